The van der Waals surface area contributed by atoms with Gasteiger partial charge in [0.1, 0.15) is 0 Å². The van der Waals surface area contributed by atoms with Gasteiger partial charge in [-0.3, -0.25) is 0 Å². The van der Waals surface area contributed by atoms with E-state index < -0.39 is 0 Å². The highest BCUT2D eigenvalue weighted by atomic mass is 15.2. The Morgan fingerprint density at radius 1 is 1.03 bits per heavy atom. The van der Waals surface area contributed by atoms with Crippen LogP contribution in [0, 0.1) is 13.8 Å². The minimum absolute atomic E-state index is 0.132. The van der Waals surface area contributed by atoms with E-state index in [9.17, 15) is 0 Å². The maximum absolute atomic E-state index is 4.30. The van der Waals surface area contributed by atoms with Gasteiger partial charge < -0.3 is 4.90 Å². The predicted molar refractivity (Wildman–Crippen MR) is 157 cm³/mol. The molecule has 1 nitrogen and oxygen atoms in total. The summed E-state index contributed by atoms with van der Waals surface area (Å²) in [6, 6.07) is 2.46. The van der Waals surface area contributed by atoms with Crippen LogP contribution >= 0.6 is 0 Å². The first-order chi connectivity index (χ1) is 17.0. The quantitative estimate of drug-likeness (QED) is 0.329. The number of allylic oxidation sites excluding steroid dienone is 11. The van der Waals surface area contributed by atoms with Crippen molar-refractivity contribution in [3.05, 3.63) is 125 Å². The molecule has 1 unspecified atom stereocenters. The van der Waals surface area contributed by atoms with Gasteiger partial charge in [-0.1, -0.05) is 80.0 Å². The molecule has 2 aliphatic carbocycles. The minimum Gasteiger partial charge on any atom is -0.338 e. The maximum atomic E-state index is 4.30. The lowest BCUT2D eigenvalue weighted by Crippen LogP contribution is -2.33. The zero-order valence-electron chi connectivity index (χ0n) is 22.3. The van der Waals surface area contributed by atoms with Crippen LogP contribution in [0.4, 0.5) is 0 Å². The molecule has 0 radical (unpaired) electrons. The summed E-state index contributed by atoms with van der Waals surface area (Å²) < 4.78 is 0. The predicted octanol–water partition coefficient (Wildman–Crippen LogP) is 9.65. The summed E-state index contributed by atoms with van der Waals surface area (Å²) in [6.07, 6.45) is 30.7. The molecule has 1 atom stereocenters. The van der Waals surface area contributed by atoms with Crippen molar-refractivity contribution in [1.29, 1.82) is 0 Å². The molecule has 0 aromatic heterocycles. The van der Waals surface area contributed by atoms with Crippen molar-refractivity contribution in [3.63, 3.8) is 0 Å². The van der Waals surface area contributed by atoms with Gasteiger partial charge in [-0.2, -0.15) is 0 Å². The zero-order chi connectivity index (χ0) is 25.4. The second-order valence-corrected chi connectivity index (χ2v) is 9.25. The second kappa shape index (κ2) is 12.4. The normalized spacial score (nSPS) is 17.3. The van der Waals surface area contributed by atoms with E-state index in [1.165, 1.54) is 50.4 Å². The Labute approximate surface area is 213 Å². The number of benzene rings is 1. The Balaban J connectivity index is 2.26. The third kappa shape index (κ3) is 5.68. The number of aryl methyl sites for hydroxylation is 1. The second-order valence-electron chi connectivity index (χ2n) is 9.25. The molecular formula is C34H41N. The molecule has 0 heterocycles. The van der Waals surface area contributed by atoms with Crippen LogP contribution in [0.15, 0.2) is 97.0 Å². The molecule has 0 amide bonds. The highest BCUT2D eigenvalue weighted by Gasteiger charge is 2.25. The molecule has 0 saturated heterocycles. The monoisotopic (exact) mass is 463 g/mol. The first kappa shape index (κ1) is 26.3. The molecule has 0 saturated carbocycles. The van der Waals surface area contributed by atoms with Crippen molar-refractivity contribution in [2.75, 3.05) is 0 Å². The molecule has 1 aromatic rings. The molecule has 0 bridgehead atoms. The van der Waals surface area contributed by atoms with Crippen molar-refractivity contribution >= 4 is 17.7 Å². The van der Waals surface area contributed by atoms with Crippen LogP contribution in [-0.4, -0.2) is 10.9 Å². The van der Waals surface area contributed by atoms with E-state index in [2.05, 4.69) is 126 Å². The lowest BCUT2D eigenvalue weighted by Gasteiger charge is -2.37. The number of nitrogens with zero attached hydrogens (tertiary/aromatic N) is 1. The zero-order valence-corrected chi connectivity index (χ0v) is 22.3. The van der Waals surface area contributed by atoms with Crippen LogP contribution < -0.4 is 0 Å². The Morgan fingerprint density at radius 2 is 1.83 bits per heavy atom. The van der Waals surface area contributed by atoms with Crippen molar-refractivity contribution in [1.82, 2.24) is 4.90 Å². The third-order valence-electron chi connectivity index (χ3n) is 6.97. The Hall–Kier alpha value is -3.32. The molecular weight excluding hydrogens is 422 g/mol. The van der Waals surface area contributed by atoms with Gasteiger partial charge in [0.25, 0.3) is 0 Å². The lowest BCUT2D eigenvalue weighted by atomic mass is 9.85. The summed E-state index contributed by atoms with van der Waals surface area (Å²) in [5.74, 6) is 0. The summed E-state index contributed by atoms with van der Waals surface area (Å²) in [5, 5.41) is 0. The fourth-order valence-corrected chi connectivity index (χ4v) is 5.25. The van der Waals surface area contributed by atoms with Gasteiger partial charge in [-0.05, 0) is 111 Å². The van der Waals surface area contributed by atoms with Crippen molar-refractivity contribution in [2.45, 2.75) is 66.3 Å². The average Bonchev–Trinajstić information content (AvgIpc) is 2.88. The van der Waals surface area contributed by atoms with Crippen LogP contribution in [0.25, 0.3) is 17.7 Å². The SMILES string of the molecule is C=C/C(=C(\C=C/C)c1cc(C)c(/C=C\C)c(C=C)c1C)C(C)N(C1=CCCC=C1)C1=CC=CCC1. The molecule has 1 heteroatoms. The Kier molecular flexibility index (Phi) is 9.32. The van der Waals surface area contributed by atoms with Crippen LogP contribution in [-0.2, 0) is 0 Å². The van der Waals surface area contributed by atoms with Crippen LogP contribution in [0.5, 0.6) is 0 Å². The standard InChI is InChI=1S/C34H41N/c1-8-18-32-25(5)24-34(26(6)30(32)10-3)33(19-9-2)31(11-4)27(7)35(28-20-14-12-15-21-28)29-22-16-13-17-23-29/h8-12,14,16,18-20,22-24,27H,3-4,13,15,17,21H2,1-2,5-7H3/b18-8-,19-9-,33-31-. The highest BCUT2D eigenvalue weighted by Crippen LogP contribution is 2.36. The van der Waals surface area contributed by atoms with E-state index in [4.69, 9.17) is 0 Å². The van der Waals surface area contributed by atoms with Gasteiger partial charge in [0.05, 0.1) is 6.04 Å². The molecule has 2 aliphatic rings. The topological polar surface area (TPSA) is 3.24 Å². The molecule has 182 valence electrons. The largest absolute Gasteiger partial charge is 0.338 e. The summed E-state index contributed by atoms with van der Waals surface area (Å²) in [6.45, 7) is 19.3. The van der Waals surface area contributed by atoms with E-state index >= 15 is 0 Å². The van der Waals surface area contributed by atoms with Crippen molar-refractivity contribution in [3.8, 4) is 0 Å². The van der Waals surface area contributed by atoms with Crippen LogP contribution in [0.1, 0.15) is 74.3 Å². The van der Waals surface area contributed by atoms with E-state index in [0.29, 0.717) is 0 Å². The first-order valence-corrected chi connectivity index (χ1v) is 12.9. The minimum atomic E-state index is 0.132. The van der Waals surface area contributed by atoms with Gasteiger partial charge in [0, 0.05) is 11.4 Å². The number of hydrogen-bond acceptors (Lipinski definition) is 1. The fourth-order valence-electron chi connectivity index (χ4n) is 5.25. The lowest BCUT2D eigenvalue weighted by molar-refractivity contribution is 0.367. The number of hydrogen-bond donors (Lipinski definition) is 0. The van der Waals surface area contributed by atoms with Gasteiger partial charge in [-0.15, -0.1) is 0 Å². The van der Waals surface area contributed by atoms with E-state index in [1.54, 1.807) is 0 Å². The molecule has 0 fully saturated rings. The van der Waals surface area contributed by atoms with E-state index in [1.807, 2.05) is 6.08 Å². The van der Waals surface area contributed by atoms with Gasteiger partial charge in [0.15, 0.2) is 0 Å². The average molecular weight is 464 g/mol. The first-order valence-electron chi connectivity index (χ1n) is 12.9. The van der Waals surface area contributed by atoms with E-state index in [-0.39, 0.29) is 6.04 Å². The smallest absolute Gasteiger partial charge is 0.0565 e. The Morgan fingerprint density at radius 3 is 2.40 bits per heavy atom. The van der Waals surface area contributed by atoms with Gasteiger partial charge in [0.2, 0.25) is 0 Å². The van der Waals surface area contributed by atoms with Crippen LogP contribution in [0.2, 0.25) is 0 Å². The molecule has 0 aliphatic heterocycles. The van der Waals surface area contributed by atoms with Crippen molar-refractivity contribution < 1.29 is 0 Å². The number of rotatable bonds is 9. The summed E-state index contributed by atoms with van der Waals surface area (Å²) in [7, 11) is 0. The van der Waals surface area contributed by atoms with Crippen LogP contribution in [0.3, 0.4) is 0 Å². The Bertz CT molecular complexity index is 1170. The van der Waals surface area contributed by atoms with Gasteiger partial charge >= 0.3 is 0 Å². The molecule has 3 rings (SSSR count). The summed E-state index contributed by atoms with van der Waals surface area (Å²) >= 11 is 0. The van der Waals surface area contributed by atoms with Gasteiger partial charge in [-0.25, -0.2) is 0 Å². The molecule has 0 N–H and O–H groups in total. The molecule has 1 aromatic carbocycles. The summed E-state index contributed by atoms with van der Waals surface area (Å²) in [5.41, 5.74) is 11.3. The maximum Gasteiger partial charge on any atom is 0.0565 e. The highest BCUT2D eigenvalue weighted by molar-refractivity contribution is 5.85. The molecule has 0 spiro atoms. The summed E-state index contributed by atoms with van der Waals surface area (Å²) in [4.78, 5) is 2.52. The third-order valence-corrected chi connectivity index (χ3v) is 6.97. The fraction of sp³-hybridized carbons (Fsp3) is 0.294. The molecule has 35 heavy (non-hydrogen) atoms. The van der Waals surface area contributed by atoms with E-state index in [0.717, 1.165) is 25.7 Å². The van der Waals surface area contributed by atoms with Crippen molar-refractivity contribution in [2.24, 2.45) is 0 Å².